The molecule has 0 spiro atoms. The van der Waals surface area contributed by atoms with Crippen LogP contribution in [-0.4, -0.2) is 15.6 Å². The van der Waals surface area contributed by atoms with Crippen molar-refractivity contribution >= 4 is 33.5 Å². The number of amides is 2. The maximum Gasteiger partial charge on any atom is 0.319 e. The molecule has 1 aromatic heterocycles. The molecule has 5 nitrogen and oxygen atoms in total. The van der Waals surface area contributed by atoms with Crippen molar-refractivity contribution in [2.24, 2.45) is 0 Å². The molecule has 0 aliphatic heterocycles. The second-order valence-corrected chi connectivity index (χ2v) is 5.62. The van der Waals surface area contributed by atoms with Gasteiger partial charge in [0, 0.05) is 5.69 Å². The van der Waals surface area contributed by atoms with Crippen molar-refractivity contribution in [3.8, 4) is 0 Å². The molecule has 0 aliphatic carbocycles. The summed E-state index contributed by atoms with van der Waals surface area (Å²) < 4.78 is 17.9. The molecule has 0 saturated carbocycles. The third-order valence-corrected chi connectivity index (χ3v) is 3.89. The van der Waals surface area contributed by atoms with Gasteiger partial charge in [-0.1, -0.05) is 16.6 Å². The molecule has 0 bridgehead atoms. The average Bonchev–Trinajstić information content (AvgIpc) is 2.94. The Morgan fingerprint density at radius 1 is 1.27 bits per heavy atom. The van der Waals surface area contributed by atoms with E-state index in [2.05, 4.69) is 20.2 Å². The number of carbonyl (C=O) groups excluding carboxylic acids is 1. The van der Waals surface area contributed by atoms with Crippen LogP contribution >= 0.6 is 11.5 Å². The van der Waals surface area contributed by atoms with Gasteiger partial charge in [0.05, 0.1) is 10.7 Å². The molecule has 2 N–H and O–H groups in total. The molecule has 0 aliphatic rings. The Balaban J connectivity index is 1.66. The molecule has 1 unspecified atom stereocenters. The molecule has 2 amide bonds. The van der Waals surface area contributed by atoms with Crippen molar-refractivity contribution in [2.45, 2.75) is 13.0 Å². The van der Waals surface area contributed by atoms with E-state index < -0.39 is 0 Å². The van der Waals surface area contributed by atoms with Gasteiger partial charge in [0.15, 0.2) is 0 Å². The van der Waals surface area contributed by atoms with Crippen LogP contribution in [0.5, 0.6) is 0 Å². The highest BCUT2D eigenvalue weighted by Gasteiger charge is 2.10. The largest absolute Gasteiger partial charge is 0.331 e. The quantitative estimate of drug-likeness (QED) is 0.774. The summed E-state index contributed by atoms with van der Waals surface area (Å²) in [6, 6.07) is 10.9. The highest BCUT2D eigenvalue weighted by molar-refractivity contribution is 7.12. The van der Waals surface area contributed by atoms with Crippen molar-refractivity contribution in [3.63, 3.8) is 0 Å². The molecule has 22 heavy (non-hydrogen) atoms. The lowest BCUT2D eigenvalue weighted by Crippen LogP contribution is -2.31. The number of carbonyl (C=O) groups is 1. The van der Waals surface area contributed by atoms with Crippen LogP contribution in [0.25, 0.3) is 10.2 Å². The van der Waals surface area contributed by atoms with Crippen molar-refractivity contribution in [1.29, 1.82) is 0 Å². The number of benzene rings is 2. The number of anilines is 1. The zero-order valence-corrected chi connectivity index (χ0v) is 12.5. The van der Waals surface area contributed by atoms with Crippen LogP contribution < -0.4 is 10.6 Å². The van der Waals surface area contributed by atoms with Gasteiger partial charge in [-0.15, -0.1) is 5.10 Å². The fourth-order valence-electron chi connectivity index (χ4n) is 2.08. The van der Waals surface area contributed by atoms with Gasteiger partial charge in [-0.25, -0.2) is 9.18 Å². The molecular formula is C15H13FN4OS. The Kier molecular flexibility index (Phi) is 3.97. The SMILES string of the molecule is CC(NC(=O)Nc1ccc2nnsc2c1)c1cccc(F)c1. The summed E-state index contributed by atoms with van der Waals surface area (Å²) in [6.07, 6.45) is 0. The van der Waals surface area contributed by atoms with Crippen LogP contribution in [0.2, 0.25) is 0 Å². The van der Waals surface area contributed by atoms with E-state index in [9.17, 15) is 9.18 Å². The zero-order valence-electron chi connectivity index (χ0n) is 11.7. The van der Waals surface area contributed by atoms with Gasteiger partial charge in [0.2, 0.25) is 0 Å². The Morgan fingerprint density at radius 2 is 2.14 bits per heavy atom. The molecule has 3 aromatic rings. The molecule has 7 heteroatoms. The number of nitrogens with one attached hydrogen (secondary N) is 2. The molecule has 0 radical (unpaired) electrons. The first kappa shape index (κ1) is 14.4. The number of hydrogen-bond acceptors (Lipinski definition) is 4. The molecule has 2 aromatic carbocycles. The zero-order chi connectivity index (χ0) is 15.5. The smallest absolute Gasteiger partial charge is 0.319 e. The van der Waals surface area contributed by atoms with E-state index >= 15 is 0 Å². The molecule has 1 atom stereocenters. The topological polar surface area (TPSA) is 66.9 Å². The Labute approximate surface area is 130 Å². The summed E-state index contributed by atoms with van der Waals surface area (Å²) in [5.41, 5.74) is 2.16. The van der Waals surface area contributed by atoms with E-state index in [1.165, 1.54) is 23.7 Å². The number of aromatic nitrogens is 2. The van der Waals surface area contributed by atoms with Crippen molar-refractivity contribution in [3.05, 3.63) is 53.8 Å². The van der Waals surface area contributed by atoms with E-state index in [-0.39, 0.29) is 17.9 Å². The van der Waals surface area contributed by atoms with Gasteiger partial charge >= 0.3 is 6.03 Å². The first-order valence-corrected chi connectivity index (χ1v) is 7.44. The van der Waals surface area contributed by atoms with Gasteiger partial charge in [-0.05, 0) is 54.4 Å². The number of fused-ring (bicyclic) bond motifs is 1. The normalized spacial score (nSPS) is 12.1. The first-order valence-electron chi connectivity index (χ1n) is 6.67. The first-order chi connectivity index (χ1) is 10.6. The van der Waals surface area contributed by atoms with E-state index in [1.54, 1.807) is 31.2 Å². The molecule has 112 valence electrons. The van der Waals surface area contributed by atoms with Gasteiger partial charge in [-0.3, -0.25) is 0 Å². The standard InChI is InChI=1S/C15H13FN4OS/c1-9(10-3-2-4-11(16)7-10)17-15(21)18-12-5-6-13-14(8-12)22-20-19-13/h2-9H,1H3,(H2,17,18,21). The van der Waals surface area contributed by atoms with Crippen LogP contribution in [0.4, 0.5) is 14.9 Å². The lowest BCUT2D eigenvalue weighted by Gasteiger charge is -2.15. The number of rotatable bonds is 3. The molecule has 0 saturated heterocycles. The van der Waals surface area contributed by atoms with Crippen LogP contribution in [-0.2, 0) is 0 Å². The maximum absolute atomic E-state index is 13.2. The van der Waals surface area contributed by atoms with Crippen molar-refractivity contribution in [2.75, 3.05) is 5.32 Å². The van der Waals surface area contributed by atoms with Crippen LogP contribution in [0, 0.1) is 5.82 Å². The Morgan fingerprint density at radius 3 is 2.95 bits per heavy atom. The van der Waals surface area contributed by atoms with E-state index in [4.69, 9.17) is 0 Å². The van der Waals surface area contributed by atoms with E-state index in [0.717, 1.165) is 10.2 Å². The minimum atomic E-state index is -0.353. The van der Waals surface area contributed by atoms with Gasteiger partial charge in [0.1, 0.15) is 11.3 Å². The summed E-state index contributed by atoms with van der Waals surface area (Å²) in [4.78, 5) is 12.0. The second kappa shape index (κ2) is 6.07. The summed E-state index contributed by atoms with van der Waals surface area (Å²) in [6.45, 7) is 1.80. The lowest BCUT2D eigenvalue weighted by molar-refractivity contribution is 0.249. The van der Waals surface area contributed by atoms with Gasteiger partial charge in [-0.2, -0.15) is 0 Å². The second-order valence-electron chi connectivity index (χ2n) is 4.83. The third kappa shape index (κ3) is 3.20. The highest BCUT2D eigenvalue weighted by Crippen LogP contribution is 2.20. The van der Waals surface area contributed by atoms with Gasteiger partial charge < -0.3 is 10.6 Å². The van der Waals surface area contributed by atoms with E-state index in [1.807, 2.05) is 6.07 Å². The molecule has 0 fully saturated rings. The Bertz CT molecular complexity index is 820. The van der Waals surface area contributed by atoms with Crippen molar-refractivity contribution < 1.29 is 9.18 Å². The van der Waals surface area contributed by atoms with Crippen molar-refractivity contribution in [1.82, 2.24) is 14.9 Å². The number of nitrogens with zero attached hydrogens (tertiary/aromatic N) is 2. The summed E-state index contributed by atoms with van der Waals surface area (Å²) in [5, 5.41) is 9.46. The Hall–Kier alpha value is -2.54. The predicted molar refractivity (Wildman–Crippen MR) is 84.4 cm³/mol. The fourth-order valence-corrected chi connectivity index (χ4v) is 2.68. The summed E-state index contributed by atoms with van der Waals surface area (Å²) >= 11 is 1.27. The minimum Gasteiger partial charge on any atom is -0.331 e. The van der Waals surface area contributed by atoms with Gasteiger partial charge in [0.25, 0.3) is 0 Å². The lowest BCUT2D eigenvalue weighted by atomic mass is 10.1. The van der Waals surface area contributed by atoms with Crippen LogP contribution in [0.3, 0.4) is 0 Å². The van der Waals surface area contributed by atoms with E-state index in [0.29, 0.717) is 11.3 Å². The number of hydrogen-bond donors (Lipinski definition) is 2. The maximum atomic E-state index is 13.2. The molecule has 3 rings (SSSR count). The average molecular weight is 316 g/mol. The summed E-state index contributed by atoms with van der Waals surface area (Å²) in [5.74, 6) is -0.324. The summed E-state index contributed by atoms with van der Waals surface area (Å²) in [7, 11) is 0. The third-order valence-electron chi connectivity index (χ3n) is 3.20. The monoisotopic (exact) mass is 316 g/mol. The van der Waals surface area contributed by atoms with Crippen LogP contribution in [0.1, 0.15) is 18.5 Å². The number of halogens is 1. The van der Waals surface area contributed by atoms with Crippen LogP contribution in [0.15, 0.2) is 42.5 Å². The predicted octanol–water partition coefficient (Wildman–Crippen LogP) is 3.71. The molecular weight excluding hydrogens is 303 g/mol. The highest BCUT2D eigenvalue weighted by atomic mass is 32.1. The minimum absolute atomic E-state index is 0.301. The number of urea groups is 1. The fraction of sp³-hybridized carbons (Fsp3) is 0.133. The molecule has 1 heterocycles.